The number of nitrogens with one attached hydrogen (secondary N) is 1. The van der Waals surface area contributed by atoms with Gasteiger partial charge < -0.3 is 15.6 Å². The molecule has 140 valence electrons. The number of amides is 1. The van der Waals surface area contributed by atoms with Crippen LogP contribution in [0.3, 0.4) is 0 Å². The van der Waals surface area contributed by atoms with Crippen LogP contribution in [-0.2, 0) is 11.3 Å². The number of hydrogen-bond acceptors (Lipinski definition) is 5. The van der Waals surface area contributed by atoms with E-state index in [9.17, 15) is 4.79 Å². The molecule has 0 atom stereocenters. The minimum Gasteiger partial charge on any atom is -0.398 e. The molecule has 0 saturated carbocycles. The molecule has 7 heteroatoms. The second-order valence-electron chi connectivity index (χ2n) is 6.24. The smallest absolute Gasteiger partial charge is 0.234 e. The number of aryl methyl sites for hydroxylation is 2. The van der Waals surface area contributed by atoms with Gasteiger partial charge in [0.1, 0.15) is 0 Å². The maximum Gasteiger partial charge on any atom is 0.234 e. The first-order valence-corrected chi connectivity index (χ1v) is 9.76. The summed E-state index contributed by atoms with van der Waals surface area (Å²) >= 11 is 1.37. The molecule has 0 aliphatic rings. The second-order valence-corrected chi connectivity index (χ2v) is 7.18. The van der Waals surface area contributed by atoms with Gasteiger partial charge in [-0.1, -0.05) is 42.1 Å². The summed E-state index contributed by atoms with van der Waals surface area (Å²) in [6.07, 6.45) is 0. The fourth-order valence-electron chi connectivity index (χ4n) is 2.90. The molecular weight excluding hydrogens is 358 g/mol. The molecule has 0 aliphatic carbocycles. The fourth-order valence-corrected chi connectivity index (χ4v) is 3.70. The number of nitrogens with two attached hydrogens (primary N) is 1. The normalized spacial score (nSPS) is 10.8. The molecular formula is C20H23N5OS. The number of rotatable bonds is 6. The predicted octanol–water partition coefficient (Wildman–Crippen LogP) is 3.89. The van der Waals surface area contributed by atoms with Crippen LogP contribution in [-0.4, -0.2) is 26.4 Å². The highest BCUT2D eigenvalue weighted by molar-refractivity contribution is 7.99. The summed E-state index contributed by atoms with van der Waals surface area (Å²) in [5, 5.41) is 12.2. The van der Waals surface area contributed by atoms with Gasteiger partial charge in [0, 0.05) is 23.5 Å². The van der Waals surface area contributed by atoms with Crippen LogP contribution in [0.2, 0.25) is 0 Å². The molecule has 0 bridgehead atoms. The Morgan fingerprint density at radius 2 is 1.81 bits per heavy atom. The van der Waals surface area contributed by atoms with Crippen molar-refractivity contribution in [1.29, 1.82) is 0 Å². The van der Waals surface area contributed by atoms with E-state index >= 15 is 0 Å². The summed E-state index contributed by atoms with van der Waals surface area (Å²) < 4.78 is 1.97. The van der Waals surface area contributed by atoms with Crippen LogP contribution in [0.15, 0.2) is 47.6 Å². The number of nitrogen functional groups attached to an aromatic ring is 1. The van der Waals surface area contributed by atoms with Gasteiger partial charge >= 0.3 is 0 Å². The van der Waals surface area contributed by atoms with E-state index in [0.29, 0.717) is 23.2 Å². The third kappa shape index (κ3) is 4.14. The van der Waals surface area contributed by atoms with Crippen LogP contribution >= 0.6 is 11.8 Å². The van der Waals surface area contributed by atoms with E-state index in [1.165, 1.54) is 11.8 Å². The van der Waals surface area contributed by atoms with Gasteiger partial charge in [-0.05, 0) is 44.0 Å². The van der Waals surface area contributed by atoms with Crippen molar-refractivity contribution in [3.63, 3.8) is 0 Å². The number of carbonyl (C=O) groups is 1. The van der Waals surface area contributed by atoms with Crippen molar-refractivity contribution < 1.29 is 4.79 Å². The Balaban J connectivity index is 1.73. The molecule has 1 heterocycles. The van der Waals surface area contributed by atoms with Crippen LogP contribution in [0.1, 0.15) is 18.1 Å². The molecule has 1 amide bonds. The Bertz CT molecular complexity index is 947. The molecule has 0 unspecified atom stereocenters. The SMILES string of the molecule is CCn1c(SCC(=O)Nc2c(C)cccc2C)nnc1-c1ccccc1N. The first kappa shape index (κ1) is 19.0. The Labute approximate surface area is 163 Å². The Morgan fingerprint density at radius 1 is 1.11 bits per heavy atom. The summed E-state index contributed by atoms with van der Waals surface area (Å²) in [5.41, 5.74) is 10.5. The number of benzene rings is 2. The maximum absolute atomic E-state index is 12.4. The molecule has 0 spiro atoms. The van der Waals surface area contributed by atoms with E-state index in [-0.39, 0.29) is 11.7 Å². The Morgan fingerprint density at radius 3 is 2.48 bits per heavy atom. The average molecular weight is 382 g/mol. The summed E-state index contributed by atoms with van der Waals surface area (Å²) in [5.74, 6) is 0.910. The molecule has 0 saturated heterocycles. The lowest BCUT2D eigenvalue weighted by atomic mass is 10.1. The van der Waals surface area contributed by atoms with Crippen molar-refractivity contribution >= 4 is 29.0 Å². The van der Waals surface area contributed by atoms with Gasteiger partial charge in [-0.15, -0.1) is 10.2 Å². The van der Waals surface area contributed by atoms with Crippen molar-refractivity contribution in [3.8, 4) is 11.4 Å². The van der Waals surface area contributed by atoms with Gasteiger partial charge in [-0.3, -0.25) is 4.79 Å². The van der Waals surface area contributed by atoms with Gasteiger partial charge in [0.2, 0.25) is 5.91 Å². The molecule has 3 aromatic rings. The maximum atomic E-state index is 12.4. The lowest BCUT2D eigenvalue weighted by Gasteiger charge is -2.11. The van der Waals surface area contributed by atoms with E-state index in [0.717, 1.165) is 22.4 Å². The summed E-state index contributed by atoms with van der Waals surface area (Å²) in [6, 6.07) is 13.5. The number of hydrogen-bond donors (Lipinski definition) is 2. The van der Waals surface area contributed by atoms with E-state index in [2.05, 4.69) is 15.5 Å². The summed E-state index contributed by atoms with van der Waals surface area (Å²) in [4.78, 5) is 12.4. The van der Waals surface area contributed by atoms with Crippen LogP contribution in [0.5, 0.6) is 0 Å². The van der Waals surface area contributed by atoms with Gasteiger partial charge in [0.05, 0.1) is 5.75 Å². The van der Waals surface area contributed by atoms with Gasteiger partial charge in [-0.2, -0.15) is 0 Å². The van der Waals surface area contributed by atoms with Gasteiger partial charge in [0.15, 0.2) is 11.0 Å². The molecule has 3 N–H and O–H groups in total. The summed E-state index contributed by atoms with van der Waals surface area (Å²) in [6.45, 7) is 6.68. The molecule has 0 fully saturated rings. The van der Waals surface area contributed by atoms with Gasteiger partial charge in [0.25, 0.3) is 0 Å². The van der Waals surface area contributed by atoms with Crippen molar-refractivity contribution in [2.24, 2.45) is 0 Å². The lowest BCUT2D eigenvalue weighted by Crippen LogP contribution is -2.16. The molecule has 6 nitrogen and oxygen atoms in total. The second kappa shape index (κ2) is 8.26. The quantitative estimate of drug-likeness (QED) is 0.500. The number of anilines is 2. The first-order chi connectivity index (χ1) is 13.0. The van der Waals surface area contributed by atoms with Crippen LogP contribution in [0.4, 0.5) is 11.4 Å². The highest BCUT2D eigenvalue weighted by Gasteiger charge is 2.16. The molecule has 0 radical (unpaired) electrons. The fraction of sp³-hybridized carbons (Fsp3) is 0.250. The number of carbonyl (C=O) groups excluding carboxylic acids is 1. The van der Waals surface area contributed by atoms with E-state index in [1.807, 2.05) is 67.8 Å². The van der Waals surface area contributed by atoms with E-state index in [4.69, 9.17) is 5.73 Å². The molecule has 3 rings (SSSR count). The topological polar surface area (TPSA) is 85.8 Å². The number of para-hydroxylation sites is 2. The minimum absolute atomic E-state index is 0.0659. The van der Waals surface area contributed by atoms with Gasteiger partial charge in [-0.25, -0.2) is 0 Å². The summed E-state index contributed by atoms with van der Waals surface area (Å²) in [7, 11) is 0. The van der Waals surface area contributed by atoms with Crippen LogP contribution in [0.25, 0.3) is 11.4 Å². The first-order valence-electron chi connectivity index (χ1n) is 8.78. The minimum atomic E-state index is -0.0659. The van der Waals surface area contributed by atoms with Crippen LogP contribution < -0.4 is 11.1 Å². The molecule has 0 aliphatic heterocycles. The van der Waals surface area contributed by atoms with E-state index in [1.54, 1.807) is 0 Å². The van der Waals surface area contributed by atoms with E-state index < -0.39 is 0 Å². The number of thioether (sulfide) groups is 1. The molecule has 27 heavy (non-hydrogen) atoms. The number of aromatic nitrogens is 3. The highest BCUT2D eigenvalue weighted by Crippen LogP contribution is 2.28. The van der Waals surface area contributed by atoms with Crippen molar-refractivity contribution in [1.82, 2.24) is 14.8 Å². The zero-order valence-electron chi connectivity index (χ0n) is 15.7. The Kier molecular flexibility index (Phi) is 5.81. The standard InChI is InChI=1S/C20H23N5OS/c1-4-25-19(15-10-5-6-11-16(15)21)23-24-20(25)27-12-17(26)22-18-13(2)8-7-9-14(18)3/h5-11H,4,12,21H2,1-3H3,(H,22,26). The zero-order chi connectivity index (χ0) is 19.4. The zero-order valence-corrected chi connectivity index (χ0v) is 16.5. The highest BCUT2D eigenvalue weighted by atomic mass is 32.2. The molecule has 2 aromatic carbocycles. The number of nitrogens with zero attached hydrogens (tertiary/aromatic N) is 3. The average Bonchev–Trinajstić information content (AvgIpc) is 3.06. The predicted molar refractivity (Wildman–Crippen MR) is 111 cm³/mol. The van der Waals surface area contributed by atoms with Crippen LogP contribution in [0, 0.1) is 13.8 Å². The largest absolute Gasteiger partial charge is 0.398 e. The third-order valence-electron chi connectivity index (χ3n) is 4.31. The van der Waals surface area contributed by atoms with Crippen molar-refractivity contribution in [2.75, 3.05) is 16.8 Å². The third-order valence-corrected chi connectivity index (χ3v) is 5.28. The van der Waals surface area contributed by atoms with Crippen molar-refractivity contribution in [3.05, 3.63) is 53.6 Å². The monoisotopic (exact) mass is 381 g/mol. The molecule has 1 aromatic heterocycles. The van der Waals surface area contributed by atoms with Crippen molar-refractivity contribution in [2.45, 2.75) is 32.5 Å². The Hall–Kier alpha value is -2.80. The lowest BCUT2D eigenvalue weighted by molar-refractivity contribution is -0.113.